The van der Waals surface area contributed by atoms with Crippen LogP contribution in [-0.4, -0.2) is 17.0 Å². The largest absolute Gasteiger partial charge is 0.481 e. The summed E-state index contributed by atoms with van der Waals surface area (Å²) < 4.78 is 0. The molecule has 21 heavy (non-hydrogen) atoms. The Hall–Kier alpha value is -2.14. The second kappa shape index (κ2) is 7.59. The molecule has 0 spiro atoms. The molecule has 5 heteroatoms. The van der Waals surface area contributed by atoms with Gasteiger partial charge in [0, 0.05) is 23.4 Å². The van der Waals surface area contributed by atoms with Gasteiger partial charge in [-0.05, 0) is 42.0 Å². The number of carboxylic acids is 1. The van der Waals surface area contributed by atoms with Crippen molar-refractivity contribution in [1.82, 2.24) is 0 Å². The molecule has 0 fully saturated rings. The Labute approximate surface area is 127 Å². The van der Waals surface area contributed by atoms with Gasteiger partial charge in [-0.2, -0.15) is 0 Å². The minimum atomic E-state index is -0.805. The minimum absolute atomic E-state index is 0.0123. The maximum absolute atomic E-state index is 11.8. The molecule has 1 amide bonds. The van der Waals surface area contributed by atoms with Crippen LogP contribution in [0.2, 0.25) is 0 Å². The van der Waals surface area contributed by atoms with Crippen molar-refractivity contribution in [2.24, 2.45) is 0 Å². The van der Waals surface area contributed by atoms with Gasteiger partial charge < -0.3 is 10.4 Å². The Balaban J connectivity index is 1.79. The van der Waals surface area contributed by atoms with Crippen molar-refractivity contribution in [2.75, 3.05) is 5.32 Å². The fourth-order valence-corrected chi connectivity index (χ4v) is 2.63. The summed E-state index contributed by atoms with van der Waals surface area (Å²) in [4.78, 5) is 23.5. The number of amides is 1. The van der Waals surface area contributed by atoms with Gasteiger partial charge in [0.15, 0.2) is 0 Å². The second-order valence-electron chi connectivity index (χ2n) is 4.72. The molecular formula is C16H17NO3S. The normalized spacial score (nSPS) is 10.3. The highest BCUT2D eigenvalue weighted by molar-refractivity contribution is 7.09. The Morgan fingerprint density at radius 2 is 1.81 bits per heavy atom. The number of anilines is 1. The van der Waals surface area contributed by atoms with Gasteiger partial charge in [-0.25, -0.2) is 0 Å². The molecule has 0 atom stereocenters. The van der Waals surface area contributed by atoms with Gasteiger partial charge in [-0.15, -0.1) is 11.3 Å². The van der Waals surface area contributed by atoms with Crippen LogP contribution in [0.15, 0.2) is 41.8 Å². The van der Waals surface area contributed by atoms with Crippen LogP contribution in [0.3, 0.4) is 0 Å². The first-order chi connectivity index (χ1) is 10.1. The van der Waals surface area contributed by atoms with Gasteiger partial charge in [0.05, 0.1) is 0 Å². The highest BCUT2D eigenvalue weighted by Crippen LogP contribution is 2.14. The molecule has 0 unspecified atom stereocenters. The van der Waals surface area contributed by atoms with E-state index in [2.05, 4.69) is 5.32 Å². The topological polar surface area (TPSA) is 66.4 Å². The van der Waals surface area contributed by atoms with Gasteiger partial charge in [0.2, 0.25) is 5.91 Å². The number of carboxylic acid groups (broad SMARTS) is 1. The van der Waals surface area contributed by atoms with E-state index in [1.165, 1.54) is 4.88 Å². The molecule has 2 aromatic rings. The average molecular weight is 303 g/mol. The van der Waals surface area contributed by atoms with Crippen molar-refractivity contribution in [3.8, 4) is 0 Å². The Morgan fingerprint density at radius 1 is 1.05 bits per heavy atom. The van der Waals surface area contributed by atoms with E-state index in [0.717, 1.165) is 17.7 Å². The number of thiophene rings is 1. The lowest BCUT2D eigenvalue weighted by Crippen LogP contribution is -2.12. The molecule has 1 heterocycles. The third-order valence-corrected chi connectivity index (χ3v) is 3.98. The third kappa shape index (κ3) is 5.39. The quantitative estimate of drug-likeness (QED) is 0.824. The summed E-state index contributed by atoms with van der Waals surface area (Å²) in [7, 11) is 0. The van der Waals surface area contributed by atoms with Crippen molar-refractivity contribution in [2.45, 2.75) is 25.7 Å². The van der Waals surface area contributed by atoms with Crippen LogP contribution in [0.4, 0.5) is 5.69 Å². The lowest BCUT2D eigenvalue weighted by Gasteiger charge is -2.06. The molecule has 1 aromatic carbocycles. The zero-order chi connectivity index (χ0) is 15.1. The number of hydrogen-bond acceptors (Lipinski definition) is 3. The number of carbonyl (C=O) groups excluding carboxylic acids is 1. The van der Waals surface area contributed by atoms with Gasteiger partial charge in [0.1, 0.15) is 0 Å². The molecule has 2 rings (SSSR count). The van der Waals surface area contributed by atoms with Crippen molar-refractivity contribution < 1.29 is 14.7 Å². The standard InChI is InChI=1S/C16H17NO3S/c18-15(9-8-14-2-1-11-21-14)17-13-6-3-12(4-7-13)5-10-16(19)20/h1-4,6-7,11H,5,8-10H2,(H,17,18)(H,19,20). The van der Waals surface area contributed by atoms with Gasteiger partial charge >= 0.3 is 5.97 Å². The first-order valence-electron chi connectivity index (χ1n) is 6.76. The molecule has 0 aliphatic heterocycles. The van der Waals surface area contributed by atoms with E-state index in [4.69, 9.17) is 5.11 Å². The summed E-state index contributed by atoms with van der Waals surface area (Å²) >= 11 is 1.65. The molecule has 0 radical (unpaired) electrons. The maximum Gasteiger partial charge on any atom is 0.303 e. The maximum atomic E-state index is 11.8. The van der Waals surface area contributed by atoms with Crippen LogP contribution in [-0.2, 0) is 22.4 Å². The summed E-state index contributed by atoms with van der Waals surface area (Å²) in [5.41, 5.74) is 1.69. The second-order valence-corrected chi connectivity index (χ2v) is 5.75. The van der Waals surface area contributed by atoms with Crippen molar-refractivity contribution in [3.05, 3.63) is 52.2 Å². The lowest BCUT2D eigenvalue weighted by molar-refractivity contribution is -0.137. The zero-order valence-electron chi connectivity index (χ0n) is 11.5. The summed E-state index contributed by atoms with van der Waals surface area (Å²) in [5, 5.41) is 13.5. The molecule has 0 saturated heterocycles. The molecular weight excluding hydrogens is 286 g/mol. The summed E-state index contributed by atoms with van der Waals surface area (Å²) in [6, 6.07) is 11.3. The van der Waals surface area contributed by atoms with E-state index in [1.807, 2.05) is 29.6 Å². The van der Waals surface area contributed by atoms with E-state index >= 15 is 0 Å². The van der Waals surface area contributed by atoms with E-state index in [0.29, 0.717) is 12.8 Å². The number of benzene rings is 1. The molecule has 0 aliphatic rings. The Bertz CT molecular complexity index is 590. The van der Waals surface area contributed by atoms with E-state index in [-0.39, 0.29) is 12.3 Å². The molecule has 110 valence electrons. The highest BCUT2D eigenvalue weighted by atomic mass is 32.1. The summed E-state index contributed by atoms with van der Waals surface area (Å²) in [5.74, 6) is -0.817. The number of aryl methyl sites for hydroxylation is 2. The number of nitrogens with one attached hydrogen (secondary N) is 1. The SMILES string of the molecule is O=C(O)CCc1ccc(NC(=O)CCc2cccs2)cc1. The summed E-state index contributed by atoms with van der Waals surface area (Å²) in [6.07, 6.45) is 1.83. The van der Waals surface area contributed by atoms with Crippen molar-refractivity contribution >= 4 is 28.9 Å². The number of carbonyl (C=O) groups is 2. The average Bonchev–Trinajstić information content (AvgIpc) is 2.98. The number of aliphatic carboxylic acids is 1. The summed E-state index contributed by atoms with van der Waals surface area (Å²) in [6.45, 7) is 0. The van der Waals surface area contributed by atoms with Crippen LogP contribution < -0.4 is 5.32 Å². The third-order valence-electron chi connectivity index (χ3n) is 3.04. The van der Waals surface area contributed by atoms with Crippen LogP contribution >= 0.6 is 11.3 Å². The first-order valence-corrected chi connectivity index (χ1v) is 7.64. The molecule has 0 saturated carbocycles. The fraction of sp³-hybridized carbons (Fsp3) is 0.250. The van der Waals surface area contributed by atoms with Gasteiger partial charge in [-0.3, -0.25) is 9.59 Å². The molecule has 1 aromatic heterocycles. The van der Waals surface area contributed by atoms with E-state index in [1.54, 1.807) is 23.5 Å². The predicted molar refractivity (Wildman–Crippen MR) is 83.7 cm³/mol. The van der Waals surface area contributed by atoms with Crippen molar-refractivity contribution in [3.63, 3.8) is 0 Å². The van der Waals surface area contributed by atoms with E-state index in [9.17, 15) is 9.59 Å². The van der Waals surface area contributed by atoms with Crippen molar-refractivity contribution in [1.29, 1.82) is 0 Å². The molecule has 4 nitrogen and oxygen atoms in total. The van der Waals surface area contributed by atoms with Gasteiger partial charge in [0.25, 0.3) is 0 Å². The van der Waals surface area contributed by atoms with E-state index < -0.39 is 5.97 Å². The highest BCUT2D eigenvalue weighted by Gasteiger charge is 2.04. The van der Waals surface area contributed by atoms with Crippen LogP contribution in [0.1, 0.15) is 23.3 Å². The minimum Gasteiger partial charge on any atom is -0.481 e. The van der Waals surface area contributed by atoms with Crippen LogP contribution in [0, 0.1) is 0 Å². The monoisotopic (exact) mass is 303 g/mol. The fourth-order valence-electron chi connectivity index (χ4n) is 1.92. The Morgan fingerprint density at radius 3 is 2.43 bits per heavy atom. The molecule has 0 bridgehead atoms. The molecule has 2 N–H and O–H groups in total. The molecule has 0 aliphatic carbocycles. The Kier molecular flexibility index (Phi) is 5.51. The first kappa shape index (κ1) is 15.3. The van der Waals surface area contributed by atoms with Gasteiger partial charge in [-0.1, -0.05) is 18.2 Å². The predicted octanol–water partition coefficient (Wildman–Crippen LogP) is 3.34. The van der Waals surface area contributed by atoms with Crippen LogP contribution in [0.5, 0.6) is 0 Å². The smallest absolute Gasteiger partial charge is 0.303 e. The lowest BCUT2D eigenvalue weighted by atomic mass is 10.1. The number of hydrogen-bond donors (Lipinski definition) is 2. The van der Waals surface area contributed by atoms with Crippen LogP contribution in [0.25, 0.3) is 0 Å². The zero-order valence-corrected chi connectivity index (χ0v) is 12.4. The number of rotatable bonds is 7.